The highest BCUT2D eigenvalue weighted by Gasteiger charge is 2.32. The maximum Gasteiger partial charge on any atom is 0.0951 e. The molecule has 0 bridgehead atoms. The van der Waals surface area contributed by atoms with Crippen LogP contribution in [0.3, 0.4) is 0 Å². The van der Waals surface area contributed by atoms with Crippen LogP contribution in [0.25, 0.3) is 0 Å². The van der Waals surface area contributed by atoms with E-state index in [0.29, 0.717) is 12.0 Å². The Hall–Kier alpha value is -0.870. The highest BCUT2D eigenvalue weighted by Crippen LogP contribution is 2.40. The molecule has 1 saturated carbocycles. The van der Waals surface area contributed by atoms with Gasteiger partial charge in [0, 0.05) is 24.8 Å². The van der Waals surface area contributed by atoms with E-state index in [0.717, 1.165) is 25.6 Å². The van der Waals surface area contributed by atoms with Crippen LogP contribution in [-0.4, -0.2) is 22.8 Å². The van der Waals surface area contributed by atoms with Crippen molar-refractivity contribution in [3.8, 4) is 0 Å². The maximum atomic E-state index is 6.36. The van der Waals surface area contributed by atoms with Crippen molar-refractivity contribution in [3.63, 3.8) is 0 Å². The van der Waals surface area contributed by atoms with E-state index in [1.165, 1.54) is 18.5 Å². The third-order valence-electron chi connectivity index (χ3n) is 4.25. The second-order valence-electron chi connectivity index (χ2n) is 5.45. The number of ether oxygens (including phenoxy) is 1. The fourth-order valence-corrected chi connectivity index (χ4v) is 2.80. The molecule has 2 N–H and O–H groups in total. The number of rotatable bonds is 4. The Kier molecular flexibility index (Phi) is 2.92. The molecule has 3 rings (SSSR count). The summed E-state index contributed by atoms with van der Waals surface area (Å²) in [4.78, 5) is 4.29. The Labute approximate surface area is 102 Å². The SMILES string of the molecule is CC(C1CC1)n1cncc1C(N)C1CCOC1. The predicted molar refractivity (Wildman–Crippen MR) is 65.5 cm³/mol. The molecule has 1 saturated heterocycles. The van der Waals surface area contributed by atoms with Crippen LogP contribution >= 0.6 is 0 Å². The third-order valence-corrected chi connectivity index (χ3v) is 4.25. The lowest BCUT2D eigenvalue weighted by Crippen LogP contribution is -2.25. The molecular weight excluding hydrogens is 214 g/mol. The molecule has 0 aromatic carbocycles. The van der Waals surface area contributed by atoms with E-state index in [4.69, 9.17) is 10.5 Å². The summed E-state index contributed by atoms with van der Waals surface area (Å²) < 4.78 is 7.71. The molecule has 17 heavy (non-hydrogen) atoms. The zero-order valence-electron chi connectivity index (χ0n) is 10.4. The number of aromatic nitrogens is 2. The van der Waals surface area contributed by atoms with Gasteiger partial charge in [0.2, 0.25) is 0 Å². The van der Waals surface area contributed by atoms with Gasteiger partial charge in [0.25, 0.3) is 0 Å². The highest BCUT2D eigenvalue weighted by atomic mass is 16.5. The fourth-order valence-electron chi connectivity index (χ4n) is 2.80. The van der Waals surface area contributed by atoms with Gasteiger partial charge in [-0.3, -0.25) is 0 Å². The van der Waals surface area contributed by atoms with Crippen LogP contribution in [0.5, 0.6) is 0 Å². The van der Waals surface area contributed by atoms with Gasteiger partial charge in [0.15, 0.2) is 0 Å². The van der Waals surface area contributed by atoms with Crippen molar-refractivity contribution in [2.45, 2.75) is 38.3 Å². The largest absolute Gasteiger partial charge is 0.381 e. The minimum absolute atomic E-state index is 0.0706. The van der Waals surface area contributed by atoms with Gasteiger partial charge in [0.1, 0.15) is 0 Å². The van der Waals surface area contributed by atoms with Crippen LogP contribution in [0.2, 0.25) is 0 Å². The average molecular weight is 235 g/mol. The molecule has 0 spiro atoms. The standard InChI is InChI=1S/C13H21N3O/c1-9(10-2-3-10)16-8-15-6-12(16)13(14)11-4-5-17-7-11/h6,8-11,13H,2-5,7,14H2,1H3. The van der Waals surface area contributed by atoms with Gasteiger partial charge >= 0.3 is 0 Å². The van der Waals surface area contributed by atoms with E-state index in [9.17, 15) is 0 Å². The van der Waals surface area contributed by atoms with Gasteiger partial charge in [-0.25, -0.2) is 4.98 Å². The van der Waals surface area contributed by atoms with Crippen molar-refractivity contribution in [2.75, 3.05) is 13.2 Å². The van der Waals surface area contributed by atoms with Gasteiger partial charge in [-0.1, -0.05) is 0 Å². The molecule has 4 heteroatoms. The quantitative estimate of drug-likeness (QED) is 0.867. The van der Waals surface area contributed by atoms with Crippen LogP contribution in [0.15, 0.2) is 12.5 Å². The lowest BCUT2D eigenvalue weighted by molar-refractivity contribution is 0.180. The molecule has 3 unspecified atom stereocenters. The lowest BCUT2D eigenvalue weighted by Gasteiger charge is -2.22. The Morgan fingerprint density at radius 1 is 1.41 bits per heavy atom. The molecule has 1 aliphatic heterocycles. The summed E-state index contributed by atoms with van der Waals surface area (Å²) in [6, 6.07) is 0.613. The number of hydrogen-bond donors (Lipinski definition) is 1. The Morgan fingerprint density at radius 2 is 2.24 bits per heavy atom. The van der Waals surface area contributed by atoms with Crippen molar-refractivity contribution in [1.82, 2.24) is 9.55 Å². The second kappa shape index (κ2) is 4.42. The van der Waals surface area contributed by atoms with Crippen molar-refractivity contribution in [2.24, 2.45) is 17.6 Å². The monoisotopic (exact) mass is 235 g/mol. The van der Waals surface area contributed by atoms with Gasteiger partial charge in [0.05, 0.1) is 24.7 Å². The molecule has 2 fully saturated rings. The second-order valence-corrected chi connectivity index (χ2v) is 5.45. The van der Waals surface area contributed by atoms with Crippen molar-refractivity contribution in [3.05, 3.63) is 18.2 Å². The van der Waals surface area contributed by atoms with Gasteiger partial charge in [-0.2, -0.15) is 0 Å². The summed E-state index contributed by atoms with van der Waals surface area (Å²) in [5.74, 6) is 1.28. The Bertz CT molecular complexity index is 380. The molecule has 1 aromatic rings. The zero-order chi connectivity index (χ0) is 11.8. The predicted octanol–water partition coefficient (Wildman–Crippen LogP) is 1.89. The summed E-state index contributed by atoms with van der Waals surface area (Å²) in [6.07, 6.45) is 7.64. The first-order chi connectivity index (χ1) is 8.27. The number of nitrogens with zero attached hydrogens (tertiary/aromatic N) is 2. The smallest absolute Gasteiger partial charge is 0.0951 e. The summed E-state index contributed by atoms with van der Waals surface area (Å²) in [5.41, 5.74) is 7.54. The van der Waals surface area contributed by atoms with Crippen molar-refractivity contribution < 1.29 is 4.74 Å². The van der Waals surface area contributed by atoms with E-state index in [2.05, 4.69) is 16.5 Å². The van der Waals surface area contributed by atoms with E-state index < -0.39 is 0 Å². The van der Waals surface area contributed by atoms with Crippen LogP contribution in [0, 0.1) is 11.8 Å². The molecular formula is C13H21N3O. The summed E-state index contributed by atoms with van der Waals surface area (Å²) in [6.45, 7) is 3.93. The fraction of sp³-hybridized carbons (Fsp3) is 0.769. The summed E-state index contributed by atoms with van der Waals surface area (Å²) >= 11 is 0. The minimum atomic E-state index is 0.0706. The Balaban J connectivity index is 1.79. The van der Waals surface area contributed by atoms with Crippen LogP contribution in [0.1, 0.15) is 44.0 Å². The molecule has 2 aliphatic rings. The summed E-state index contributed by atoms with van der Waals surface area (Å²) in [7, 11) is 0. The molecule has 94 valence electrons. The first-order valence-corrected chi connectivity index (χ1v) is 6.62. The first kappa shape index (κ1) is 11.2. The van der Waals surface area contributed by atoms with E-state index in [1.807, 2.05) is 12.5 Å². The molecule has 1 aromatic heterocycles. The van der Waals surface area contributed by atoms with Gasteiger partial charge in [-0.05, 0) is 32.1 Å². The zero-order valence-corrected chi connectivity index (χ0v) is 10.4. The normalized spacial score (nSPS) is 28.2. The first-order valence-electron chi connectivity index (χ1n) is 6.62. The molecule has 3 atom stereocenters. The third kappa shape index (κ3) is 2.11. The van der Waals surface area contributed by atoms with E-state index >= 15 is 0 Å². The molecule has 0 amide bonds. The van der Waals surface area contributed by atoms with Crippen LogP contribution in [-0.2, 0) is 4.74 Å². The van der Waals surface area contributed by atoms with Crippen molar-refractivity contribution >= 4 is 0 Å². The van der Waals surface area contributed by atoms with Gasteiger partial charge in [-0.15, -0.1) is 0 Å². The molecule has 0 radical (unpaired) electrons. The van der Waals surface area contributed by atoms with Gasteiger partial charge < -0.3 is 15.0 Å². The lowest BCUT2D eigenvalue weighted by atomic mass is 9.97. The Morgan fingerprint density at radius 3 is 2.88 bits per heavy atom. The van der Waals surface area contributed by atoms with Crippen molar-refractivity contribution in [1.29, 1.82) is 0 Å². The topological polar surface area (TPSA) is 53.1 Å². The highest BCUT2D eigenvalue weighted by molar-refractivity contribution is 5.09. The van der Waals surface area contributed by atoms with Crippen LogP contribution in [0.4, 0.5) is 0 Å². The molecule has 4 nitrogen and oxygen atoms in total. The number of nitrogens with two attached hydrogens (primary N) is 1. The number of imidazole rings is 1. The minimum Gasteiger partial charge on any atom is -0.381 e. The van der Waals surface area contributed by atoms with E-state index in [1.54, 1.807) is 0 Å². The van der Waals surface area contributed by atoms with Crippen LogP contribution < -0.4 is 5.73 Å². The average Bonchev–Trinajstić information content (AvgIpc) is 2.86. The number of hydrogen-bond acceptors (Lipinski definition) is 3. The maximum absolute atomic E-state index is 6.36. The molecule has 2 heterocycles. The summed E-state index contributed by atoms with van der Waals surface area (Å²) in [5, 5.41) is 0. The van der Waals surface area contributed by atoms with E-state index in [-0.39, 0.29) is 6.04 Å². The molecule has 1 aliphatic carbocycles.